The highest BCUT2D eigenvalue weighted by atomic mass is 32.1. The molecule has 0 N–H and O–H groups in total. The van der Waals surface area contributed by atoms with Gasteiger partial charge in [-0.3, -0.25) is 9.69 Å². The van der Waals surface area contributed by atoms with Crippen LogP contribution < -0.4 is 14.2 Å². The van der Waals surface area contributed by atoms with Crippen LogP contribution in [0.15, 0.2) is 34.3 Å². The summed E-state index contributed by atoms with van der Waals surface area (Å²) in [4.78, 5) is 21.7. The molecule has 1 fully saturated rings. The van der Waals surface area contributed by atoms with E-state index in [1.165, 1.54) is 0 Å². The Morgan fingerprint density at radius 2 is 1.78 bits per heavy atom. The lowest BCUT2D eigenvalue weighted by Crippen LogP contribution is -2.48. The van der Waals surface area contributed by atoms with Gasteiger partial charge in [0, 0.05) is 54.6 Å². The number of carbonyl (C=O) groups is 1. The van der Waals surface area contributed by atoms with Gasteiger partial charge in [-0.1, -0.05) is 6.07 Å². The second-order valence-electron chi connectivity index (χ2n) is 7.48. The third kappa shape index (κ3) is 4.90. The second kappa shape index (κ2) is 10.3. The zero-order valence-electron chi connectivity index (χ0n) is 18.5. The van der Waals surface area contributed by atoms with Crippen molar-refractivity contribution in [3.63, 3.8) is 0 Å². The van der Waals surface area contributed by atoms with Gasteiger partial charge >= 0.3 is 0 Å². The van der Waals surface area contributed by atoms with Crippen molar-refractivity contribution in [2.24, 2.45) is 0 Å². The summed E-state index contributed by atoms with van der Waals surface area (Å²) in [5.74, 6) is 2.07. The number of benzene rings is 1. The number of rotatable bonds is 8. The Morgan fingerprint density at radius 1 is 1.00 bits per heavy atom. The number of aromatic nitrogens is 1. The molecule has 0 radical (unpaired) electrons. The van der Waals surface area contributed by atoms with E-state index in [9.17, 15) is 4.79 Å². The standard InChI is InChI=1S/C23H27N3O4S2/c1-28-19-5-4-16(21(29-2)22(19)30-3)13-25-7-9-26(10-8-25)20(27)12-18-15-32-23(24-18)17-6-11-31-14-17/h4-6,11,14-15H,7-10,12-13H2,1-3H3. The Balaban J connectivity index is 1.33. The van der Waals surface area contributed by atoms with Gasteiger partial charge in [-0.25, -0.2) is 4.98 Å². The molecule has 1 amide bonds. The smallest absolute Gasteiger partial charge is 0.228 e. The topological polar surface area (TPSA) is 64.1 Å². The summed E-state index contributed by atoms with van der Waals surface area (Å²) in [7, 11) is 4.86. The van der Waals surface area contributed by atoms with Crippen LogP contribution in [-0.4, -0.2) is 68.2 Å². The molecule has 3 aromatic rings. The zero-order chi connectivity index (χ0) is 22.5. The average molecular weight is 474 g/mol. The third-order valence-corrected chi connectivity index (χ3v) is 7.18. The number of amides is 1. The van der Waals surface area contributed by atoms with Crippen LogP contribution in [0.1, 0.15) is 11.3 Å². The van der Waals surface area contributed by atoms with Crippen molar-refractivity contribution < 1.29 is 19.0 Å². The summed E-state index contributed by atoms with van der Waals surface area (Å²) < 4.78 is 16.5. The van der Waals surface area contributed by atoms with Crippen LogP contribution in [-0.2, 0) is 17.8 Å². The fourth-order valence-corrected chi connectivity index (χ4v) is 5.39. The second-order valence-corrected chi connectivity index (χ2v) is 9.12. The minimum absolute atomic E-state index is 0.135. The summed E-state index contributed by atoms with van der Waals surface area (Å²) in [5, 5.41) is 7.09. The van der Waals surface area contributed by atoms with E-state index < -0.39 is 0 Å². The fourth-order valence-electron chi connectivity index (χ4n) is 3.86. The lowest BCUT2D eigenvalue weighted by Gasteiger charge is -2.35. The summed E-state index contributed by atoms with van der Waals surface area (Å²) >= 11 is 3.24. The van der Waals surface area contributed by atoms with Crippen LogP contribution in [0.4, 0.5) is 0 Å². The van der Waals surface area contributed by atoms with Gasteiger partial charge in [0.2, 0.25) is 11.7 Å². The molecule has 0 aliphatic carbocycles. The van der Waals surface area contributed by atoms with Crippen molar-refractivity contribution in [2.75, 3.05) is 47.5 Å². The van der Waals surface area contributed by atoms with Crippen LogP contribution in [0.3, 0.4) is 0 Å². The molecule has 1 saturated heterocycles. The summed E-state index contributed by atoms with van der Waals surface area (Å²) in [5.41, 5.74) is 3.00. The van der Waals surface area contributed by atoms with Gasteiger partial charge in [-0.2, -0.15) is 11.3 Å². The Kier molecular flexibility index (Phi) is 7.29. The predicted octanol–water partition coefficient (Wildman–Crippen LogP) is 3.78. The first-order chi connectivity index (χ1) is 15.6. The molecule has 1 aromatic carbocycles. The highest BCUT2D eigenvalue weighted by Gasteiger charge is 2.24. The predicted molar refractivity (Wildman–Crippen MR) is 127 cm³/mol. The van der Waals surface area contributed by atoms with Crippen LogP contribution >= 0.6 is 22.7 Å². The normalized spacial score (nSPS) is 14.4. The monoisotopic (exact) mass is 473 g/mol. The summed E-state index contributed by atoms with van der Waals surface area (Å²) in [6, 6.07) is 5.96. The molecule has 2 aromatic heterocycles. The maximum absolute atomic E-state index is 12.8. The molecule has 0 saturated carbocycles. The van der Waals surface area contributed by atoms with Crippen molar-refractivity contribution in [3.05, 3.63) is 45.6 Å². The lowest BCUT2D eigenvalue weighted by atomic mass is 10.1. The van der Waals surface area contributed by atoms with Gasteiger partial charge in [0.25, 0.3) is 0 Å². The molecule has 9 heteroatoms. The number of carbonyl (C=O) groups excluding carboxylic acids is 1. The molecule has 0 spiro atoms. The van der Waals surface area contributed by atoms with Crippen molar-refractivity contribution in [3.8, 4) is 27.8 Å². The lowest BCUT2D eigenvalue weighted by molar-refractivity contribution is -0.132. The van der Waals surface area contributed by atoms with Crippen LogP contribution in [0.25, 0.3) is 10.6 Å². The van der Waals surface area contributed by atoms with E-state index >= 15 is 0 Å². The van der Waals surface area contributed by atoms with E-state index in [1.807, 2.05) is 27.8 Å². The summed E-state index contributed by atoms with van der Waals surface area (Å²) in [6.07, 6.45) is 0.351. The highest BCUT2D eigenvalue weighted by molar-refractivity contribution is 7.14. The molecule has 0 bridgehead atoms. The Hall–Kier alpha value is -2.62. The number of piperazine rings is 1. The molecule has 7 nitrogen and oxygen atoms in total. The van der Waals surface area contributed by atoms with Gasteiger partial charge in [0.05, 0.1) is 33.4 Å². The highest BCUT2D eigenvalue weighted by Crippen LogP contribution is 2.40. The molecule has 0 atom stereocenters. The van der Waals surface area contributed by atoms with E-state index in [1.54, 1.807) is 44.0 Å². The maximum atomic E-state index is 12.8. The van der Waals surface area contributed by atoms with Crippen LogP contribution in [0.2, 0.25) is 0 Å². The number of ether oxygens (including phenoxy) is 3. The van der Waals surface area contributed by atoms with Crippen molar-refractivity contribution >= 4 is 28.6 Å². The van der Waals surface area contributed by atoms with Crippen molar-refractivity contribution in [2.45, 2.75) is 13.0 Å². The van der Waals surface area contributed by atoms with E-state index in [2.05, 4.69) is 21.3 Å². The molecule has 32 heavy (non-hydrogen) atoms. The number of methoxy groups -OCH3 is 3. The van der Waals surface area contributed by atoms with E-state index in [4.69, 9.17) is 14.2 Å². The van der Waals surface area contributed by atoms with Gasteiger partial charge in [0.1, 0.15) is 5.01 Å². The van der Waals surface area contributed by atoms with Crippen molar-refractivity contribution in [1.82, 2.24) is 14.8 Å². The first-order valence-corrected chi connectivity index (χ1v) is 12.2. The van der Waals surface area contributed by atoms with E-state index in [0.29, 0.717) is 36.8 Å². The Labute approximate surface area is 196 Å². The molecule has 0 unspecified atom stereocenters. The van der Waals surface area contributed by atoms with Crippen LogP contribution in [0, 0.1) is 0 Å². The van der Waals surface area contributed by atoms with E-state index in [0.717, 1.165) is 41.5 Å². The number of nitrogens with zero attached hydrogens (tertiary/aromatic N) is 3. The zero-order valence-corrected chi connectivity index (χ0v) is 20.1. The molecular formula is C23H27N3O4S2. The van der Waals surface area contributed by atoms with Crippen molar-refractivity contribution in [1.29, 1.82) is 0 Å². The average Bonchev–Trinajstić information content (AvgIpc) is 3.51. The summed E-state index contributed by atoms with van der Waals surface area (Å²) in [6.45, 7) is 3.74. The molecule has 1 aliphatic rings. The van der Waals surface area contributed by atoms with Crippen LogP contribution in [0.5, 0.6) is 17.2 Å². The minimum atomic E-state index is 0.135. The molecule has 3 heterocycles. The SMILES string of the molecule is COc1ccc(CN2CCN(C(=O)Cc3csc(-c4ccsc4)n3)CC2)c(OC)c1OC. The number of hydrogen-bond donors (Lipinski definition) is 0. The first kappa shape index (κ1) is 22.6. The minimum Gasteiger partial charge on any atom is -0.493 e. The van der Waals surface area contributed by atoms with Gasteiger partial charge in [0.15, 0.2) is 11.5 Å². The van der Waals surface area contributed by atoms with E-state index in [-0.39, 0.29) is 5.91 Å². The van der Waals surface area contributed by atoms with Gasteiger partial charge < -0.3 is 19.1 Å². The molecule has 170 valence electrons. The Bertz CT molecular complexity index is 1040. The van der Waals surface area contributed by atoms with Gasteiger partial charge in [-0.15, -0.1) is 11.3 Å². The largest absolute Gasteiger partial charge is 0.493 e. The fraction of sp³-hybridized carbons (Fsp3) is 0.391. The van der Waals surface area contributed by atoms with Gasteiger partial charge in [-0.05, 0) is 17.5 Å². The number of thiazole rings is 1. The number of thiophene rings is 1. The third-order valence-electron chi connectivity index (χ3n) is 5.56. The molecule has 4 rings (SSSR count). The first-order valence-electron chi connectivity index (χ1n) is 10.4. The quantitative estimate of drug-likeness (QED) is 0.496. The molecular weight excluding hydrogens is 446 g/mol. The number of hydrogen-bond acceptors (Lipinski definition) is 8. The molecule has 1 aliphatic heterocycles. The maximum Gasteiger partial charge on any atom is 0.228 e. The Morgan fingerprint density at radius 3 is 2.44 bits per heavy atom.